The van der Waals surface area contributed by atoms with Crippen LogP contribution in [0.5, 0.6) is 0 Å². The standard InChI is InChI=1S/C23H31N3O3S/c1-3-16(2)21(26-23(28)29-15-17-9-5-4-6-10-17)22(27)24-14-13-20-25-18-11-7-8-12-19(18)30-20/h4-6,9-10,16,21H,3,7-8,11-15H2,1-2H3,(H,24,27)(H,26,28)/t16-,21-/m0/s1. The number of alkyl carbamates (subject to hydrolysis) is 1. The Morgan fingerprint density at radius 3 is 2.70 bits per heavy atom. The van der Waals surface area contributed by atoms with Gasteiger partial charge in [-0.15, -0.1) is 11.3 Å². The summed E-state index contributed by atoms with van der Waals surface area (Å²) in [5.41, 5.74) is 2.15. The van der Waals surface area contributed by atoms with Gasteiger partial charge in [-0.1, -0.05) is 50.6 Å². The van der Waals surface area contributed by atoms with Gasteiger partial charge in [0.15, 0.2) is 0 Å². The molecule has 1 heterocycles. The third kappa shape index (κ3) is 6.29. The third-order valence-electron chi connectivity index (χ3n) is 5.51. The van der Waals surface area contributed by atoms with Gasteiger partial charge in [0.1, 0.15) is 12.6 Å². The Hall–Kier alpha value is -2.41. The molecule has 7 heteroatoms. The zero-order valence-corrected chi connectivity index (χ0v) is 18.6. The summed E-state index contributed by atoms with van der Waals surface area (Å²) in [5.74, 6) is -0.177. The number of aryl methyl sites for hydroxylation is 2. The van der Waals surface area contributed by atoms with Gasteiger partial charge < -0.3 is 15.4 Å². The van der Waals surface area contributed by atoms with Gasteiger partial charge in [-0.3, -0.25) is 4.79 Å². The molecule has 3 rings (SSSR count). The van der Waals surface area contributed by atoms with Crippen molar-refractivity contribution in [1.29, 1.82) is 0 Å². The molecule has 6 nitrogen and oxygen atoms in total. The van der Waals surface area contributed by atoms with Crippen molar-refractivity contribution >= 4 is 23.3 Å². The highest BCUT2D eigenvalue weighted by molar-refractivity contribution is 7.11. The topological polar surface area (TPSA) is 80.3 Å². The second kappa shape index (κ2) is 11.1. The minimum atomic E-state index is -0.622. The van der Waals surface area contributed by atoms with E-state index in [1.54, 1.807) is 11.3 Å². The van der Waals surface area contributed by atoms with E-state index in [4.69, 9.17) is 9.72 Å². The van der Waals surface area contributed by atoms with Crippen LogP contribution in [0.1, 0.15) is 54.3 Å². The van der Waals surface area contributed by atoms with Crippen molar-refractivity contribution in [2.45, 2.75) is 65.0 Å². The molecule has 2 N–H and O–H groups in total. The van der Waals surface area contributed by atoms with Gasteiger partial charge >= 0.3 is 6.09 Å². The fraction of sp³-hybridized carbons (Fsp3) is 0.522. The van der Waals surface area contributed by atoms with Crippen LogP contribution in [0.25, 0.3) is 0 Å². The molecule has 0 unspecified atom stereocenters. The quantitative estimate of drug-likeness (QED) is 0.631. The lowest BCUT2D eigenvalue weighted by molar-refractivity contribution is -0.124. The first-order chi connectivity index (χ1) is 14.6. The number of fused-ring (bicyclic) bond motifs is 1. The SMILES string of the molecule is CC[C@H](C)[C@H](NC(=O)OCc1ccccc1)C(=O)NCCc1nc2c(s1)CCCC2. The van der Waals surface area contributed by atoms with E-state index in [0.29, 0.717) is 6.54 Å². The van der Waals surface area contributed by atoms with Gasteiger partial charge in [-0.25, -0.2) is 9.78 Å². The van der Waals surface area contributed by atoms with Crippen LogP contribution in [0, 0.1) is 5.92 Å². The second-order valence-corrected chi connectivity index (χ2v) is 8.96. The molecule has 0 saturated carbocycles. The Kier molecular flexibility index (Phi) is 8.25. The maximum absolute atomic E-state index is 12.7. The predicted octanol–water partition coefficient (Wildman–Crippen LogP) is 4.02. The van der Waals surface area contributed by atoms with E-state index in [2.05, 4.69) is 10.6 Å². The number of carbonyl (C=O) groups is 2. The number of ether oxygens (including phenoxy) is 1. The summed E-state index contributed by atoms with van der Waals surface area (Å²) in [6, 6.07) is 8.86. The van der Waals surface area contributed by atoms with Crippen LogP contribution >= 0.6 is 11.3 Å². The zero-order valence-electron chi connectivity index (χ0n) is 17.8. The van der Waals surface area contributed by atoms with Crippen LogP contribution in [0.15, 0.2) is 30.3 Å². The van der Waals surface area contributed by atoms with E-state index < -0.39 is 12.1 Å². The van der Waals surface area contributed by atoms with E-state index in [0.717, 1.165) is 36.3 Å². The number of nitrogens with zero attached hydrogens (tertiary/aromatic N) is 1. The molecule has 0 fully saturated rings. The largest absolute Gasteiger partial charge is 0.445 e. The summed E-state index contributed by atoms with van der Waals surface area (Å²) in [5, 5.41) is 6.78. The number of rotatable bonds is 9. The lowest BCUT2D eigenvalue weighted by Gasteiger charge is -2.23. The summed E-state index contributed by atoms with van der Waals surface area (Å²) < 4.78 is 5.29. The first-order valence-corrected chi connectivity index (χ1v) is 11.6. The molecule has 0 spiro atoms. The molecule has 0 bridgehead atoms. The molecule has 2 amide bonds. The Balaban J connectivity index is 1.48. The number of amides is 2. The number of nitrogens with one attached hydrogen (secondary N) is 2. The molecule has 1 aliphatic rings. The summed E-state index contributed by atoms with van der Waals surface area (Å²) in [6.07, 6.45) is 5.58. The van der Waals surface area contributed by atoms with Crippen LogP contribution in [0.4, 0.5) is 4.79 Å². The van der Waals surface area contributed by atoms with Gasteiger partial charge in [0.05, 0.1) is 10.7 Å². The maximum atomic E-state index is 12.7. The Bertz CT molecular complexity index is 814. The van der Waals surface area contributed by atoms with Crippen molar-refractivity contribution in [3.8, 4) is 0 Å². The Labute approximate surface area is 182 Å². The van der Waals surface area contributed by atoms with Crippen molar-refractivity contribution in [3.63, 3.8) is 0 Å². The molecule has 0 radical (unpaired) electrons. The molecule has 0 saturated heterocycles. The van der Waals surface area contributed by atoms with Crippen LogP contribution in [0.3, 0.4) is 0 Å². The number of hydrogen-bond acceptors (Lipinski definition) is 5. The van der Waals surface area contributed by atoms with Crippen molar-refractivity contribution in [2.24, 2.45) is 5.92 Å². The Morgan fingerprint density at radius 2 is 1.97 bits per heavy atom. The predicted molar refractivity (Wildman–Crippen MR) is 118 cm³/mol. The number of benzene rings is 1. The lowest BCUT2D eigenvalue weighted by Crippen LogP contribution is -2.50. The van der Waals surface area contributed by atoms with Crippen LogP contribution in [-0.4, -0.2) is 29.6 Å². The zero-order chi connectivity index (χ0) is 21.3. The Morgan fingerprint density at radius 1 is 1.20 bits per heavy atom. The van der Waals surface area contributed by atoms with Gasteiger partial charge in [-0.2, -0.15) is 0 Å². The summed E-state index contributed by atoms with van der Waals surface area (Å²) in [7, 11) is 0. The van der Waals surface area contributed by atoms with Crippen LogP contribution in [0.2, 0.25) is 0 Å². The van der Waals surface area contributed by atoms with Gasteiger partial charge in [0.2, 0.25) is 5.91 Å². The highest BCUT2D eigenvalue weighted by Gasteiger charge is 2.26. The van der Waals surface area contributed by atoms with Crippen LogP contribution < -0.4 is 10.6 Å². The smallest absolute Gasteiger partial charge is 0.408 e. The van der Waals surface area contributed by atoms with Gasteiger partial charge in [-0.05, 0) is 37.2 Å². The summed E-state index contributed by atoms with van der Waals surface area (Å²) >= 11 is 1.77. The maximum Gasteiger partial charge on any atom is 0.408 e. The molecule has 1 aromatic carbocycles. The van der Waals surface area contributed by atoms with Gasteiger partial charge in [0.25, 0.3) is 0 Å². The third-order valence-corrected chi connectivity index (χ3v) is 6.73. The first kappa shape index (κ1) is 22.3. The average Bonchev–Trinajstić information content (AvgIpc) is 3.19. The number of thiazole rings is 1. The fourth-order valence-corrected chi connectivity index (χ4v) is 4.66. The lowest BCUT2D eigenvalue weighted by atomic mass is 9.98. The fourth-order valence-electron chi connectivity index (χ4n) is 3.51. The minimum Gasteiger partial charge on any atom is -0.445 e. The first-order valence-electron chi connectivity index (χ1n) is 10.8. The highest BCUT2D eigenvalue weighted by atomic mass is 32.1. The van der Waals surface area contributed by atoms with E-state index in [1.165, 1.54) is 23.4 Å². The number of aromatic nitrogens is 1. The molecule has 2 atom stereocenters. The van der Waals surface area contributed by atoms with E-state index >= 15 is 0 Å². The molecular weight excluding hydrogens is 398 g/mol. The highest BCUT2D eigenvalue weighted by Crippen LogP contribution is 2.26. The van der Waals surface area contributed by atoms with Crippen molar-refractivity contribution in [2.75, 3.05) is 6.54 Å². The average molecular weight is 430 g/mol. The van der Waals surface area contributed by atoms with Crippen LogP contribution in [-0.2, 0) is 35.4 Å². The normalized spacial score (nSPS) is 15.0. The monoisotopic (exact) mass is 429 g/mol. The van der Waals surface area contributed by atoms with E-state index in [9.17, 15) is 9.59 Å². The molecule has 2 aromatic rings. The molecule has 162 valence electrons. The molecular formula is C23H31N3O3S. The molecule has 1 aromatic heterocycles. The number of carbonyl (C=O) groups excluding carboxylic acids is 2. The van der Waals surface area contributed by atoms with Crippen molar-refractivity contribution < 1.29 is 14.3 Å². The molecule has 30 heavy (non-hydrogen) atoms. The molecule has 0 aliphatic heterocycles. The molecule has 1 aliphatic carbocycles. The summed E-state index contributed by atoms with van der Waals surface area (Å²) in [6.45, 7) is 4.65. The van der Waals surface area contributed by atoms with Crippen molar-refractivity contribution in [3.05, 3.63) is 51.5 Å². The minimum absolute atomic E-state index is 0.00134. The van der Waals surface area contributed by atoms with Crippen molar-refractivity contribution in [1.82, 2.24) is 15.6 Å². The summed E-state index contributed by atoms with van der Waals surface area (Å²) in [4.78, 5) is 31.1. The van der Waals surface area contributed by atoms with E-state index in [1.807, 2.05) is 44.2 Å². The van der Waals surface area contributed by atoms with Gasteiger partial charge in [0, 0.05) is 17.8 Å². The number of hydrogen-bond donors (Lipinski definition) is 2. The second-order valence-electron chi connectivity index (χ2n) is 7.79. The van der Waals surface area contributed by atoms with E-state index in [-0.39, 0.29) is 18.4 Å².